The zero-order valence-corrected chi connectivity index (χ0v) is 10.9. The summed E-state index contributed by atoms with van der Waals surface area (Å²) >= 11 is 0. The molecule has 2 N–H and O–H groups in total. The molecule has 2 atom stereocenters. The molecule has 0 heterocycles. The Morgan fingerprint density at radius 2 is 2.11 bits per heavy atom. The highest BCUT2D eigenvalue weighted by atomic mass is 16.3. The number of nitrogens with one attached hydrogen (secondary N) is 1. The van der Waals surface area contributed by atoms with E-state index in [0.717, 1.165) is 42.4 Å². The predicted octanol–water partition coefficient (Wildman–Crippen LogP) is 2.02. The van der Waals surface area contributed by atoms with Crippen LogP contribution in [0.25, 0.3) is 0 Å². The maximum Gasteiger partial charge on any atom is 0.251 e. The van der Waals surface area contributed by atoms with Gasteiger partial charge in [-0.05, 0) is 30.1 Å². The molecule has 100 valence electrons. The molecule has 1 fully saturated rings. The minimum Gasteiger partial charge on any atom is -0.393 e. The number of amides is 1. The van der Waals surface area contributed by atoms with E-state index in [0.29, 0.717) is 6.54 Å². The van der Waals surface area contributed by atoms with E-state index in [2.05, 4.69) is 5.32 Å². The van der Waals surface area contributed by atoms with Gasteiger partial charge in [-0.3, -0.25) is 4.79 Å². The van der Waals surface area contributed by atoms with Gasteiger partial charge in [-0.25, -0.2) is 0 Å². The van der Waals surface area contributed by atoms with Gasteiger partial charge in [0.15, 0.2) is 0 Å². The first-order valence-electron chi connectivity index (χ1n) is 7.03. The number of hydrogen-bond acceptors (Lipinski definition) is 2. The number of hydrogen-bond donors (Lipinski definition) is 2. The molecule has 3 aliphatic carbocycles. The van der Waals surface area contributed by atoms with E-state index in [1.807, 2.05) is 30.4 Å². The van der Waals surface area contributed by atoms with Gasteiger partial charge in [-0.2, -0.15) is 0 Å². The smallest absolute Gasteiger partial charge is 0.251 e. The number of rotatable bonds is 3. The van der Waals surface area contributed by atoms with Crippen LogP contribution in [0, 0.1) is 5.92 Å². The van der Waals surface area contributed by atoms with E-state index in [9.17, 15) is 9.90 Å². The van der Waals surface area contributed by atoms with Crippen molar-refractivity contribution in [2.75, 3.05) is 6.54 Å². The normalized spacial score (nSPS) is 28.6. The molecule has 1 saturated carbocycles. The Hall–Kier alpha value is -1.61. The molecule has 0 aromatic rings. The number of allylic oxidation sites excluding steroid dienone is 6. The fourth-order valence-corrected chi connectivity index (χ4v) is 3.03. The van der Waals surface area contributed by atoms with Crippen molar-refractivity contribution in [3.8, 4) is 0 Å². The van der Waals surface area contributed by atoms with Crippen molar-refractivity contribution in [1.82, 2.24) is 5.32 Å². The van der Waals surface area contributed by atoms with Crippen molar-refractivity contribution in [1.29, 1.82) is 0 Å². The monoisotopic (exact) mass is 257 g/mol. The molecule has 1 amide bonds. The van der Waals surface area contributed by atoms with Gasteiger partial charge >= 0.3 is 0 Å². The quantitative estimate of drug-likeness (QED) is 0.812. The minimum absolute atomic E-state index is 0.0287. The summed E-state index contributed by atoms with van der Waals surface area (Å²) in [4.78, 5) is 12.2. The van der Waals surface area contributed by atoms with Gasteiger partial charge in [0.25, 0.3) is 5.91 Å². The Bertz CT molecular complexity index is 511. The molecule has 0 aromatic carbocycles. The highest BCUT2D eigenvalue weighted by Crippen LogP contribution is 2.30. The lowest BCUT2D eigenvalue weighted by Gasteiger charge is -2.27. The third-order valence-corrected chi connectivity index (χ3v) is 4.21. The van der Waals surface area contributed by atoms with Gasteiger partial charge in [-0.15, -0.1) is 0 Å². The molecule has 0 radical (unpaired) electrons. The zero-order chi connectivity index (χ0) is 13.2. The van der Waals surface area contributed by atoms with Crippen LogP contribution in [0.5, 0.6) is 0 Å². The largest absolute Gasteiger partial charge is 0.393 e. The lowest BCUT2D eigenvalue weighted by atomic mass is 9.86. The van der Waals surface area contributed by atoms with E-state index in [-0.39, 0.29) is 17.9 Å². The van der Waals surface area contributed by atoms with Crippen LogP contribution < -0.4 is 5.32 Å². The molecule has 0 bridgehead atoms. The standard InChI is InChI=1S/C16H19NO2/c18-15-7-2-1-4-12(15)10-17-16(19)14-9-8-11-5-3-6-13(11)14/h3,5-6,8-9,12,15,18H,1-2,4,7,10H2,(H,17,19)/t12-,15+/m1/s1. The van der Waals surface area contributed by atoms with Crippen molar-refractivity contribution in [2.24, 2.45) is 5.92 Å². The summed E-state index contributed by atoms with van der Waals surface area (Å²) in [7, 11) is 0. The third kappa shape index (κ3) is 2.43. The lowest BCUT2D eigenvalue weighted by molar-refractivity contribution is -0.117. The summed E-state index contributed by atoms with van der Waals surface area (Å²) in [6.45, 7) is 0.577. The molecular weight excluding hydrogens is 238 g/mol. The van der Waals surface area contributed by atoms with Crippen LogP contribution in [-0.2, 0) is 4.79 Å². The first kappa shape index (κ1) is 12.4. The Balaban J connectivity index is 1.60. The van der Waals surface area contributed by atoms with Crippen LogP contribution >= 0.6 is 0 Å². The van der Waals surface area contributed by atoms with E-state index >= 15 is 0 Å². The van der Waals surface area contributed by atoms with E-state index in [1.165, 1.54) is 0 Å². The fraction of sp³-hybridized carbons (Fsp3) is 0.438. The predicted molar refractivity (Wildman–Crippen MR) is 74.4 cm³/mol. The Morgan fingerprint density at radius 3 is 2.95 bits per heavy atom. The Kier molecular flexibility index (Phi) is 3.38. The first-order chi connectivity index (χ1) is 9.25. The summed E-state index contributed by atoms with van der Waals surface area (Å²) in [5.41, 5.74) is 2.87. The second kappa shape index (κ2) is 5.17. The lowest BCUT2D eigenvalue weighted by Crippen LogP contribution is -2.37. The van der Waals surface area contributed by atoms with Crippen molar-refractivity contribution >= 4 is 5.91 Å². The summed E-state index contributed by atoms with van der Waals surface area (Å²) in [6.07, 6.45) is 13.7. The average molecular weight is 257 g/mol. The van der Waals surface area contributed by atoms with Gasteiger partial charge in [-0.1, -0.05) is 37.1 Å². The van der Waals surface area contributed by atoms with Crippen LogP contribution in [0.15, 0.2) is 47.1 Å². The number of fused-ring (bicyclic) bond motifs is 1. The second-order valence-corrected chi connectivity index (χ2v) is 5.46. The topological polar surface area (TPSA) is 49.3 Å². The van der Waals surface area contributed by atoms with Crippen LogP contribution in [0.4, 0.5) is 0 Å². The SMILES string of the molecule is O=C(NC[C@H]1CCCC[C@@H]1O)C1=C2C=CC=C2C=C1. The highest BCUT2D eigenvalue weighted by Gasteiger charge is 2.25. The molecule has 3 nitrogen and oxygen atoms in total. The van der Waals surface area contributed by atoms with Gasteiger partial charge < -0.3 is 10.4 Å². The van der Waals surface area contributed by atoms with Gasteiger partial charge in [0.2, 0.25) is 0 Å². The van der Waals surface area contributed by atoms with Gasteiger partial charge in [0.1, 0.15) is 0 Å². The van der Waals surface area contributed by atoms with Crippen molar-refractivity contribution in [2.45, 2.75) is 31.8 Å². The molecule has 3 aliphatic rings. The molecule has 0 spiro atoms. The van der Waals surface area contributed by atoms with Crippen LogP contribution in [-0.4, -0.2) is 23.7 Å². The Labute approximate surface area is 113 Å². The zero-order valence-electron chi connectivity index (χ0n) is 10.9. The van der Waals surface area contributed by atoms with Gasteiger partial charge in [0.05, 0.1) is 6.10 Å². The molecule has 0 unspecified atom stereocenters. The third-order valence-electron chi connectivity index (χ3n) is 4.21. The summed E-state index contributed by atoms with van der Waals surface area (Å²) in [5.74, 6) is 0.182. The molecule has 0 saturated heterocycles. The van der Waals surface area contributed by atoms with E-state index < -0.39 is 0 Å². The van der Waals surface area contributed by atoms with Crippen molar-refractivity contribution < 1.29 is 9.90 Å². The highest BCUT2D eigenvalue weighted by molar-refractivity contribution is 6.00. The number of aliphatic hydroxyl groups is 1. The molecule has 19 heavy (non-hydrogen) atoms. The number of aliphatic hydroxyl groups excluding tert-OH is 1. The summed E-state index contributed by atoms with van der Waals surface area (Å²) < 4.78 is 0. The molecule has 3 rings (SSSR count). The van der Waals surface area contributed by atoms with Crippen LogP contribution in [0.3, 0.4) is 0 Å². The fourth-order valence-electron chi connectivity index (χ4n) is 3.03. The second-order valence-electron chi connectivity index (χ2n) is 5.46. The maximum absolute atomic E-state index is 12.2. The number of carbonyl (C=O) groups is 1. The van der Waals surface area contributed by atoms with Gasteiger partial charge in [0, 0.05) is 18.0 Å². The Morgan fingerprint density at radius 1 is 1.26 bits per heavy atom. The van der Waals surface area contributed by atoms with Crippen LogP contribution in [0.2, 0.25) is 0 Å². The minimum atomic E-state index is -0.257. The average Bonchev–Trinajstić information content (AvgIpc) is 2.99. The molecular formula is C16H19NO2. The van der Waals surface area contributed by atoms with E-state index in [1.54, 1.807) is 0 Å². The van der Waals surface area contributed by atoms with E-state index in [4.69, 9.17) is 0 Å². The molecule has 3 heteroatoms. The molecule has 0 aliphatic heterocycles. The van der Waals surface area contributed by atoms with Crippen molar-refractivity contribution in [3.63, 3.8) is 0 Å². The summed E-state index contributed by atoms with van der Waals surface area (Å²) in [5, 5.41) is 12.9. The molecule has 0 aromatic heterocycles. The summed E-state index contributed by atoms with van der Waals surface area (Å²) in [6, 6.07) is 0. The maximum atomic E-state index is 12.2. The van der Waals surface area contributed by atoms with Crippen molar-refractivity contribution in [3.05, 3.63) is 47.1 Å². The van der Waals surface area contributed by atoms with Crippen LogP contribution in [0.1, 0.15) is 25.7 Å². The number of carbonyl (C=O) groups excluding carboxylic acids is 1. The first-order valence-corrected chi connectivity index (χ1v) is 7.03.